The molecule has 0 atom stereocenters. The van der Waals surface area contributed by atoms with Crippen LogP contribution in [0.3, 0.4) is 0 Å². The molecule has 0 aliphatic rings. The molecule has 3 nitrogen and oxygen atoms in total. The van der Waals surface area contributed by atoms with Gasteiger partial charge in [0.2, 0.25) is 0 Å². The van der Waals surface area contributed by atoms with Gasteiger partial charge in [-0.1, -0.05) is 0 Å². The Labute approximate surface area is 47.0 Å². The first kappa shape index (κ1) is 5.72. The van der Waals surface area contributed by atoms with Gasteiger partial charge < -0.3 is 16.4 Å². The van der Waals surface area contributed by atoms with E-state index < -0.39 is 0 Å². The third kappa shape index (κ3) is 1.24. The molecule has 6 heavy (non-hydrogen) atoms. The molecular weight excluding hydrogens is 117 g/mol. The largest absolute Gasteiger partial charge is 0.352 e. The molecule has 0 spiro atoms. The molecule has 1 aromatic rings. The number of aromatic nitrogens is 3. The van der Waals surface area contributed by atoms with Crippen LogP contribution < -0.4 is 0 Å². The van der Waals surface area contributed by atoms with Gasteiger partial charge in [0.1, 0.15) is 0 Å². The second kappa shape index (κ2) is 2.94. The van der Waals surface area contributed by atoms with E-state index in [1.54, 1.807) is 0 Å². The van der Waals surface area contributed by atoms with Crippen molar-refractivity contribution in [1.29, 1.82) is 0 Å². The van der Waals surface area contributed by atoms with Crippen molar-refractivity contribution in [2.45, 2.75) is 0 Å². The van der Waals surface area contributed by atoms with E-state index in [2.05, 4.69) is 21.6 Å². The number of hydrogen-bond acceptors (Lipinski definition) is 2. The van der Waals surface area contributed by atoms with Gasteiger partial charge in [0.05, 0.1) is 0 Å². The van der Waals surface area contributed by atoms with Crippen LogP contribution in [-0.4, -0.2) is 15.4 Å². The fourth-order valence-electron chi connectivity index (χ4n) is 0.144. The Bertz CT molecular complexity index is 65.3. The van der Waals surface area contributed by atoms with E-state index in [4.69, 9.17) is 0 Å². The van der Waals surface area contributed by atoms with Gasteiger partial charge in [-0.05, 0) is 0 Å². The van der Waals surface area contributed by atoms with Gasteiger partial charge in [0.15, 0.2) is 0 Å². The van der Waals surface area contributed by atoms with E-state index in [1.807, 2.05) is 0 Å². The quantitative estimate of drug-likeness (QED) is 0.472. The van der Waals surface area contributed by atoms with Crippen LogP contribution in [0.2, 0.25) is 0 Å². The van der Waals surface area contributed by atoms with Gasteiger partial charge >= 0.3 is 0 Å². The van der Waals surface area contributed by atoms with E-state index in [-0.39, 0.29) is 18.6 Å². The summed E-state index contributed by atoms with van der Waals surface area (Å²) in [6.07, 6.45) is 3.97. The second-order valence-electron chi connectivity index (χ2n) is 0.603. The standard InChI is InChI=1S/C2H2N3.V/c1-2-4-5-3-1;/h1H,(H,3,4,5);/q-1;. The molecule has 1 aromatic heterocycles. The van der Waals surface area contributed by atoms with E-state index in [1.165, 1.54) is 6.20 Å². The van der Waals surface area contributed by atoms with Crippen LogP contribution in [0.1, 0.15) is 0 Å². The fourth-order valence-corrected chi connectivity index (χ4v) is 0.144. The molecule has 1 rings (SSSR count). The summed E-state index contributed by atoms with van der Waals surface area (Å²) in [5, 5.41) is 9.03. The first-order valence-electron chi connectivity index (χ1n) is 1.22. The Hall–Kier alpha value is -0.276. The van der Waals surface area contributed by atoms with Crippen LogP contribution in [0.15, 0.2) is 6.20 Å². The summed E-state index contributed by atoms with van der Waals surface area (Å²) in [7, 11) is 0. The second-order valence-corrected chi connectivity index (χ2v) is 0.603. The predicted octanol–water partition coefficient (Wildman–Crippen LogP) is -0.398. The summed E-state index contributed by atoms with van der Waals surface area (Å²) < 4.78 is 0. The molecule has 0 amide bonds. The van der Waals surface area contributed by atoms with Crippen LogP contribution in [0.4, 0.5) is 0 Å². The van der Waals surface area contributed by atoms with Crippen molar-refractivity contribution in [2.24, 2.45) is 0 Å². The molecule has 0 saturated heterocycles. The Morgan fingerprint density at radius 1 is 1.67 bits per heavy atom. The molecule has 0 aromatic carbocycles. The Kier molecular flexibility index (Phi) is 2.80. The van der Waals surface area contributed by atoms with Gasteiger partial charge in [-0.2, -0.15) is 0 Å². The van der Waals surface area contributed by atoms with Gasteiger partial charge in [0, 0.05) is 18.6 Å². The maximum absolute atomic E-state index is 3.29. The summed E-state index contributed by atoms with van der Waals surface area (Å²) in [6, 6.07) is 0. The van der Waals surface area contributed by atoms with Crippen molar-refractivity contribution < 1.29 is 18.6 Å². The zero-order valence-corrected chi connectivity index (χ0v) is 4.32. The number of H-pyrrole nitrogens is 1. The maximum atomic E-state index is 3.29. The van der Waals surface area contributed by atoms with Crippen LogP contribution in [-0.2, 0) is 18.6 Å². The third-order valence-electron chi connectivity index (χ3n) is 0.295. The zero-order valence-electron chi connectivity index (χ0n) is 2.92. The minimum Gasteiger partial charge on any atom is -0.352 e. The first-order valence-corrected chi connectivity index (χ1v) is 1.22. The van der Waals surface area contributed by atoms with E-state index >= 15 is 0 Å². The smallest absolute Gasteiger partial charge is 0 e. The number of aromatic amines is 1. The van der Waals surface area contributed by atoms with Crippen LogP contribution in [0.5, 0.6) is 0 Å². The molecule has 0 unspecified atom stereocenters. The molecule has 4 heteroatoms. The molecule has 1 radical (unpaired) electrons. The van der Waals surface area contributed by atoms with Crippen molar-refractivity contribution in [1.82, 2.24) is 15.4 Å². The number of nitrogens with one attached hydrogen (secondary N) is 1. The van der Waals surface area contributed by atoms with Crippen molar-refractivity contribution in [3.8, 4) is 0 Å². The van der Waals surface area contributed by atoms with Crippen molar-refractivity contribution in [3.05, 3.63) is 12.4 Å². The van der Waals surface area contributed by atoms with Crippen molar-refractivity contribution in [3.63, 3.8) is 0 Å². The van der Waals surface area contributed by atoms with Gasteiger partial charge in [0.25, 0.3) is 0 Å². The van der Waals surface area contributed by atoms with Crippen LogP contribution in [0.25, 0.3) is 0 Å². The van der Waals surface area contributed by atoms with Crippen LogP contribution in [0, 0.1) is 6.20 Å². The minimum atomic E-state index is 0. The maximum Gasteiger partial charge on any atom is 0 e. The molecule has 0 aliphatic carbocycles. The third-order valence-corrected chi connectivity index (χ3v) is 0.295. The Balaban J connectivity index is 0.000000250. The minimum absolute atomic E-state index is 0. The van der Waals surface area contributed by atoms with E-state index in [0.29, 0.717) is 0 Å². The molecule has 31 valence electrons. The van der Waals surface area contributed by atoms with E-state index in [9.17, 15) is 0 Å². The summed E-state index contributed by atoms with van der Waals surface area (Å²) in [4.78, 5) is 0. The molecule has 1 N–H and O–H groups in total. The monoisotopic (exact) mass is 119 g/mol. The summed E-state index contributed by atoms with van der Waals surface area (Å²) >= 11 is 0. The topological polar surface area (TPSA) is 41.6 Å². The predicted molar refractivity (Wildman–Crippen MR) is 15.2 cm³/mol. The normalized spacial score (nSPS) is 6.67. The number of hydrogen-bond donors (Lipinski definition) is 1. The number of rotatable bonds is 0. The molecule has 1 heterocycles. The van der Waals surface area contributed by atoms with Crippen LogP contribution >= 0.6 is 0 Å². The SMILES string of the molecule is [V].[c-]1c[nH]nn1. The van der Waals surface area contributed by atoms with Gasteiger partial charge in [-0.15, -0.1) is 11.4 Å². The average molecular weight is 119 g/mol. The summed E-state index contributed by atoms with van der Waals surface area (Å²) in [5.41, 5.74) is 0. The van der Waals surface area contributed by atoms with Gasteiger partial charge in [-0.25, -0.2) is 0 Å². The summed E-state index contributed by atoms with van der Waals surface area (Å²) in [6.45, 7) is 0. The van der Waals surface area contributed by atoms with Crippen molar-refractivity contribution in [2.75, 3.05) is 0 Å². The van der Waals surface area contributed by atoms with Crippen molar-refractivity contribution >= 4 is 0 Å². The summed E-state index contributed by atoms with van der Waals surface area (Å²) in [5.74, 6) is 0. The first-order chi connectivity index (χ1) is 2.50. The molecule has 0 aliphatic heterocycles. The van der Waals surface area contributed by atoms with Gasteiger partial charge in [-0.3, -0.25) is 0 Å². The molecule has 0 saturated carbocycles. The average Bonchev–Trinajstić information content (AvgIpc) is 1.76. The molecule has 0 bridgehead atoms. The molecular formula is C2H2N3V-. The Morgan fingerprint density at radius 3 is 2.67 bits per heavy atom. The zero-order chi connectivity index (χ0) is 3.54. The number of nitrogens with zero attached hydrogens (tertiary/aromatic N) is 2. The fraction of sp³-hybridized carbons (Fsp3) is 0. The Morgan fingerprint density at radius 2 is 2.50 bits per heavy atom. The molecule has 0 fully saturated rings. The van der Waals surface area contributed by atoms with E-state index in [0.717, 1.165) is 0 Å².